The summed E-state index contributed by atoms with van der Waals surface area (Å²) in [6.07, 6.45) is 3.54. The summed E-state index contributed by atoms with van der Waals surface area (Å²) < 4.78 is 16.2. The molecule has 9 heteroatoms. The van der Waals surface area contributed by atoms with Crippen molar-refractivity contribution in [2.45, 2.75) is 32.2 Å². The van der Waals surface area contributed by atoms with E-state index in [-0.39, 0.29) is 17.9 Å². The number of piperidine rings is 1. The number of carbonyl (C=O) groups is 2. The fourth-order valence-corrected chi connectivity index (χ4v) is 5.17. The molecule has 1 aliphatic heterocycles. The second-order valence-corrected chi connectivity index (χ2v) is 10.1. The summed E-state index contributed by atoms with van der Waals surface area (Å²) in [5.74, 6) is 0.459. The summed E-state index contributed by atoms with van der Waals surface area (Å²) in [4.78, 5) is 28.5. The largest absolute Gasteiger partial charge is 0.497 e. The first kappa shape index (κ1) is 28.4. The molecule has 3 aromatic rings. The number of halogens is 1. The zero-order valence-corrected chi connectivity index (χ0v) is 24.1. The number of benzene rings is 3. The molecule has 0 aliphatic carbocycles. The molecule has 0 aromatic heterocycles. The van der Waals surface area contributed by atoms with Gasteiger partial charge in [0, 0.05) is 24.1 Å². The molecule has 39 heavy (non-hydrogen) atoms. The van der Waals surface area contributed by atoms with Crippen LogP contribution in [0.15, 0.2) is 65.1 Å². The molecule has 0 spiro atoms. The Bertz CT molecular complexity index is 1290. The molecule has 1 amide bonds. The number of amides is 1. The number of nitrogens with one attached hydrogen (secondary N) is 1. The van der Waals surface area contributed by atoms with Crippen LogP contribution in [0.5, 0.6) is 11.5 Å². The Kier molecular flexibility index (Phi) is 9.84. The van der Waals surface area contributed by atoms with Gasteiger partial charge in [-0.25, -0.2) is 15.2 Å². The lowest BCUT2D eigenvalue weighted by molar-refractivity contribution is -0.118. The molecule has 1 saturated heterocycles. The molecule has 0 unspecified atom stereocenters. The van der Waals surface area contributed by atoms with Crippen molar-refractivity contribution in [2.24, 2.45) is 0 Å². The molecule has 1 fully saturated rings. The molecule has 0 atom stereocenters. The van der Waals surface area contributed by atoms with E-state index in [4.69, 9.17) is 14.2 Å². The smallest absolute Gasteiger partial charge is 0.341 e. The Hall–Kier alpha value is -3.56. The van der Waals surface area contributed by atoms with Gasteiger partial charge in [0.1, 0.15) is 17.1 Å². The van der Waals surface area contributed by atoms with Gasteiger partial charge >= 0.3 is 5.97 Å². The van der Waals surface area contributed by atoms with Crippen LogP contribution in [0.3, 0.4) is 0 Å². The second kappa shape index (κ2) is 13.5. The van der Waals surface area contributed by atoms with Crippen LogP contribution in [-0.2, 0) is 22.5 Å². The zero-order chi connectivity index (χ0) is 27.8. The number of para-hydroxylation sites is 2. The number of ether oxygens (including phenoxy) is 3. The standard InChI is InChI=1S/C30H34BrN3O5/c1-37-23-13-11-21(12-14-23)20-32-34(27-10-6-5-9-26(27)33-15-7-4-8-16-33)29(35)18-22-17-28(38-2)24(19-25(22)31)30(36)39-3/h5-6,9-14,17,19,32H,4,7-8,15-16,18,20H2,1-3H3. The molecular weight excluding hydrogens is 562 g/mol. The Balaban J connectivity index is 1.66. The minimum Gasteiger partial charge on any atom is -0.497 e. The molecule has 3 aromatic carbocycles. The number of nitrogens with zero attached hydrogens (tertiary/aromatic N) is 2. The van der Waals surface area contributed by atoms with Gasteiger partial charge in [0.05, 0.1) is 39.1 Å². The van der Waals surface area contributed by atoms with Gasteiger partial charge in [-0.05, 0) is 66.8 Å². The van der Waals surface area contributed by atoms with Gasteiger partial charge in [0.25, 0.3) is 0 Å². The van der Waals surface area contributed by atoms with E-state index < -0.39 is 5.97 Å². The maximum Gasteiger partial charge on any atom is 0.341 e. The van der Waals surface area contributed by atoms with Crippen LogP contribution in [0.4, 0.5) is 11.4 Å². The van der Waals surface area contributed by atoms with E-state index in [1.807, 2.05) is 42.5 Å². The molecule has 0 radical (unpaired) electrons. The molecule has 206 valence electrons. The number of esters is 1. The lowest BCUT2D eigenvalue weighted by atomic mass is 10.1. The van der Waals surface area contributed by atoms with Crippen molar-refractivity contribution in [1.82, 2.24) is 5.43 Å². The van der Waals surface area contributed by atoms with E-state index in [1.165, 1.54) is 20.6 Å². The summed E-state index contributed by atoms with van der Waals surface area (Å²) >= 11 is 3.53. The van der Waals surface area contributed by atoms with Crippen molar-refractivity contribution >= 4 is 39.2 Å². The van der Waals surface area contributed by atoms with Crippen LogP contribution in [-0.4, -0.2) is 46.3 Å². The normalized spacial score (nSPS) is 13.1. The molecular formula is C30H34BrN3O5. The molecule has 1 heterocycles. The summed E-state index contributed by atoms with van der Waals surface area (Å²) in [6, 6.07) is 19.1. The van der Waals surface area contributed by atoms with Gasteiger partial charge in [-0.15, -0.1) is 0 Å². The Labute approximate surface area is 237 Å². The highest BCUT2D eigenvalue weighted by molar-refractivity contribution is 9.10. The van der Waals surface area contributed by atoms with Gasteiger partial charge < -0.3 is 19.1 Å². The van der Waals surface area contributed by atoms with Crippen molar-refractivity contribution in [1.29, 1.82) is 0 Å². The molecule has 1 aliphatic rings. The van der Waals surface area contributed by atoms with Gasteiger partial charge in [0.2, 0.25) is 5.91 Å². The number of carbonyl (C=O) groups excluding carboxylic acids is 2. The first-order valence-corrected chi connectivity index (χ1v) is 13.7. The highest BCUT2D eigenvalue weighted by Crippen LogP contribution is 2.33. The van der Waals surface area contributed by atoms with E-state index >= 15 is 0 Å². The minimum absolute atomic E-state index is 0.0718. The third-order valence-electron chi connectivity index (χ3n) is 6.78. The first-order chi connectivity index (χ1) is 18.9. The van der Waals surface area contributed by atoms with Gasteiger partial charge in [0.15, 0.2) is 0 Å². The van der Waals surface area contributed by atoms with Crippen LogP contribution in [0.25, 0.3) is 0 Å². The van der Waals surface area contributed by atoms with E-state index in [2.05, 4.69) is 32.3 Å². The summed E-state index contributed by atoms with van der Waals surface area (Å²) in [7, 11) is 4.44. The van der Waals surface area contributed by atoms with Crippen molar-refractivity contribution in [3.05, 3.63) is 81.8 Å². The van der Waals surface area contributed by atoms with Gasteiger partial charge in [-0.2, -0.15) is 0 Å². The topological polar surface area (TPSA) is 80.3 Å². The number of hydrazine groups is 1. The predicted molar refractivity (Wildman–Crippen MR) is 156 cm³/mol. The SMILES string of the molecule is COC(=O)c1cc(Br)c(CC(=O)N(NCc2ccc(OC)cc2)c2ccccc2N2CCCCC2)cc1OC. The zero-order valence-electron chi connectivity index (χ0n) is 22.5. The molecule has 4 rings (SSSR count). The van der Waals surface area contributed by atoms with Crippen LogP contribution >= 0.6 is 15.9 Å². The number of methoxy groups -OCH3 is 3. The van der Waals surface area contributed by atoms with Gasteiger partial charge in [-0.3, -0.25) is 4.79 Å². The van der Waals surface area contributed by atoms with E-state index in [0.717, 1.165) is 48.6 Å². The summed E-state index contributed by atoms with van der Waals surface area (Å²) in [5, 5.41) is 1.64. The Morgan fingerprint density at radius 2 is 1.67 bits per heavy atom. The fraction of sp³-hybridized carbons (Fsp3) is 0.333. The van der Waals surface area contributed by atoms with Crippen LogP contribution in [0, 0.1) is 0 Å². The molecule has 0 bridgehead atoms. The lowest BCUT2D eigenvalue weighted by Gasteiger charge is -2.34. The average Bonchev–Trinajstić information content (AvgIpc) is 2.98. The quantitative estimate of drug-likeness (QED) is 0.244. The van der Waals surface area contributed by atoms with Crippen LogP contribution in [0.2, 0.25) is 0 Å². The third kappa shape index (κ3) is 6.91. The van der Waals surface area contributed by atoms with Gasteiger partial charge in [-0.1, -0.05) is 40.2 Å². The fourth-order valence-electron chi connectivity index (χ4n) is 4.69. The Morgan fingerprint density at radius 1 is 0.949 bits per heavy atom. The predicted octanol–water partition coefficient (Wildman–Crippen LogP) is 5.52. The van der Waals surface area contributed by atoms with Crippen molar-refractivity contribution < 1.29 is 23.8 Å². The van der Waals surface area contributed by atoms with Crippen LogP contribution in [0.1, 0.15) is 40.7 Å². The number of hydrogen-bond acceptors (Lipinski definition) is 7. The highest BCUT2D eigenvalue weighted by Gasteiger charge is 2.25. The molecule has 1 N–H and O–H groups in total. The number of rotatable bonds is 10. The number of anilines is 2. The average molecular weight is 597 g/mol. The summed E-state index contributed by atoms with van der Waals surface area (Å²) in [5.41, 5.74) is 7.17. The maximum atomic E-state index is 14.0. The molecule has 8 nitrogen and oxygen atoms in total. The van der Waals surface area contributed by atoms with E-state index in [0.29, 0.717) is 22.3 Å². The van der Waals surface area contributed by atoms with Crippen molar-refractivity contribution in [3.8, 4) is 11.5 Å². The minimum atomic E-state index is -0.510. The lowest BCUT2D eigenvalue weighted by Crippen LogP contribution is -2.45. The molecule has 0 saturated carbocycles. The van der Waals surface area contributed by atoms with E-state index in [9.17, 15) is 9.59 Å². The second-order valence-electron chi connectivity index (χ2n) is 9.26. The third-order valence-corrected chi connectivity index (χ3v) is 7.52. The summed E-state index contributed by atoms with van der Waals surface area (Å²) in [6.45, 7) is 2.35. The maximum absolute atomic E-state index is 14.0. The van der Waals surface area contributed by atoms with Crippen molar-refractivity contribution in [3.63, 3.8) is 0 Å². The highest BCUT2D eigenvalue weighted by atomic mass is 79.9. The van der Waals surface area contributed by atoms with E-state index in [1.54, 1.807) is 24.3 Å². The van der Waals surface area contributed by atoms with Crippen molar-refractivity contribution in [2.75, 3.05) is 44.3 Å². The monoisotopic (exact) mass is 595 g/mol. The number of hydrogen-bond donors (Lipinski definition) is 1. The first-order valence-electron chi connectivity index (χ1n) is 12.9. The van der Waals surface area contributed by atoms with Crippen LogP contribution < -0.4 is 24.8 Å². The Morgan fingerprint density at radius 3 is 2.33 bits per heavy atom.